The molecule has 2 N–H and O–H groups in total. The zero-order valence-electron chi connectivity index (χ0n) is 12.2. The highest BCUT2D eigenvalue weighted by atomic mass is 14.9. The minimum atomic E-state index is 0.697. The fraction of sp³-hybridized carbons (Fsp3) is 1.00. The molecule has 0 aromatic carbocycles. The summed E-state index contributed by atoms with van der Waals surface area (Å²) in [6.45, 7) is 6.10. The van der Waals surface area contributed by atoms with Crippen molar-refractivity contribution in [2.75, 3.05) is 19.6 Å². The Morgan fingerprint density at radius 2 is 1.72 bits per heavy atom. The molecule has 0 bridgehead atoms. The molecule has 2 aliphatic rings. The minimum absolute atomic E-state index is 0.697. The van der Waals surface area contributed by atoms with Crippen molar-refractivity contribution in [3.05, 3.63) is 0 Å². The summed E-state index contributed by atoms with van der Waals surface area (Å²) in [5, 5.41) is 7.36. The third-order valence-electron chi connectivity index (χ3n) is 5.00. The standard InChI is InChI=1S/C16H32N2/c1-14(16-10-7-11-17-13-16)18-12-15-8-5-3-2-4-6-9-15/h14-18H,2-13H2,1H3. The normalized spacial score (nSPS) is 29.5. The van der Waals surface area contributed by atoms with Crippen LogP contribution in [0, 0.1) is 11.8 Å². The molecule has 18 heavy (non-hydrogen) atoms. The summed E-state index contributed by atoms with van der Waals surface area (Å²) in [6, 6.07) is 0.697. The van der Waals surface area contributed by atoms with E-state index < -0.39 is 0 Å². The van der Waals surface area contributed by atoms with Gasteiger partial charge in [0.15, 0.2) is 0 Å². The van der Waals surface area contributed by atoms with E-state index in [0.29, 0.717) is 6.04 Å². The van der Waals surface area contributed by atoms with Crippen LogP contribution in [-0.2, 0) is 0 Å². The predicted molar refractivity (Wildman–Crippen MR) is 78.9 cm³/mol. The van der Waals surface area contributed by atoms with Crippen molar-refractivity contribution in [1.82, 2.24) is 10.6 Å². The molecule has 0 amide bonds. The fourth-order valence-corrected chi connectivity index (χ4v) is 3.57. The molecule has 2 heteroatoms. The highest BCUT2D eigenvalue weighted by Gasteiger charge is 2.20. The van der Waals surface area contributed by atoms with Gasteiger partial charge in [-0.2, -0.15) is 0 Å². The van der Waals surface area contributed by atoms with Crippen LogP contribution in [0.5, 0.6) is 0 Å². The van der Waals surface area contributed by atoms with Crippen LogP contribution >= 0.6 is 0 Å². The average molecular weight is 252 g/mol. The molecule has 2 rings (SSSR count). The van der Waals surface area contributed by atoms with E-state index in [1.807, 2.05) is 0 Å². The second kappa shape index (κ2) is 8.16. The largest absolute Gasteiger partial charge is 0.316 e. The monoisotopic (exact) mass is 252 g/mol. The maximum atomic E-state index is 3.83. The zero-order valence-corrected chi connectivity index (χ0v) is 12.2. The van der Waals surface area contributed by atoms with Gasteiger partial charge in [-0.05, 0) is 64.1 Å². The van der Waals surface area contributed by atoms with Crippen LogP contribution in [0.1, 0.15) is 64.7 Å². The predicted octanol–water partition coefficient (Wildman–Crippen LogP) is 3.32. The molecule has 0 spiro atoms. The van der Waals surface area contributed by atoms with Crippen molar-refractivity contribution < 1.29 is 0 Å². The second-order valence-electron chi connectivity index (χ2n) is 6.51. The molecule has 106 valence electrons. The van der Waals surface area contributed by atoms with Gasteiger partial charge in [0.05, 0.1) is 0 Å². The highest BCUT2D eigenvalue weighted by molar-refractivity contribution is 4.79. The lowest BCUT2D eigenvalue weighted by molar-refractivity contribution is 0.273. The van der Waals surface area contributed by atoms with Crippen molar-refractivity contribution >= 4 is 0 Å². The number of nitrogens with one attached hydrogen (secondary N) is 2. The molecule has 0 aromatic heterocycles. The third-order valence-corrected chi connectivity index (χ3v) is 5.00. The summed E-state index contributed by atoms with van der Waals surface area (Å²) in [5.41, 5.74) is 0. The molecule has 1 aliphatic carbocycles. The van der Waals surface area contributed by atoms with Gasteiger partial charge in [0.25, 0.3) is 0 Å². The topological polar surface area (TPSA) is 24.1 Å². The Hall–Kier alpha value is -0.0800. The van der Waals surface area contributed by atoms with E-state index in [0.717, 1.165) is 11.8 Å². The van der Waals surface area contributed by atoms with Crippen molar-refractivity contribution in [3.63, 3.8) is 0 Å². The number of rotatable bonds is 4. The Labute approximate surface area is 113 Å². The van der Waals surface area contributed by atoms with Gasteiger partial charge in [0, 0.05) is 6.04 Å². The van der Waals surface area contributed by atoms with E-state index in [1.165, 1.54) is 77.4 Å². The van der Waals surface area contributed by atoms with Crippen LogP contribution in [-0.4, -0.2) is 25.7 Å². The molecule has 2 atom stereocenters. The Bertz CT molecular complexity index is 201. The van der Waals surface area contributed by atoms with Gasteiger partial charge in [-0.15, -0.1) is 0 Å². The molecule has 1 heterocycles. The number of hydrogen-bond acceptors (Lipinski definition) is 2. The molecule has 0 aromatic rings. The van der Waals surface area contributed by atoms with E-state index in [4.69, 9.17) is 0 Å². The molecule has 1 saturated carbocycles. The second-order valence-corrected chi connectivity index (χ2v) is 6.51. The molecule has 1 aliphatic heterocycles. The van der Waals surface area contributed by atoms with Gasteiger partial charge < -0.3 is 10.6 Å². The number of hydrogen-bond donors (Lipinski definition) is 2. The first kappa shape index (κ1) is 14.3. The van der Waals surface area contributed by atoms with Gasteiger partial charge in [0.1, 0.15) is 0 Å². The quantitative estimate of drug-likeness (QED) is 0.802. The first-order chi connectivity index (χ1) is 8.86. The van der Waals surface area contributed by atoms with Crippen molar-refractivity contribution in [3.8, 4) is 0 Å². The van der Waals surface area contributed by atoms with Gasteiger partial charge in [0.2, 0.25) is 0 Å². The Morgan fingerprint density at radius 3 is 2.39 bits per heavy atom. The first-order valence-corrected chi connectivity index (χ1v) is 8.30. The Balaban J connectivity index is 1.65. The average Bonchev–Trinajstić information content (AvgIpc) is 2.38. The highest BCUT2D eigenvalue weighted by Crippen LogP contribution is 2.22. The molecule has 0 radical (unpaired) electrons. The van der Waals surface area contributed by atoms with E-state index >= 15 is 0 Å². The van der Waals surface area contributed by atoms with Gasteiger partial charge in [-0.1, -0.05) is 32.1 Å². The van der Waals surface area contributed by atoms with Crippen LogP contribution in [0.2, 0.25) is 0 Å². The van der Waals surface area contributed by atoms with Gasteiger partial charge in [-0.25, -0.2) is 0 Å². The van der Waals surface area contributed by atoms with E-state index in [1.54, 1.807) is 0 Å². The minimum Gasteiger partial charge on any atom is -0.316 e. The van der Waals surface area contributed by atoms with Crippen LogP contribution in [0.25, 0.3) is 0 Å². The number of piperidine rings is 1. The molecule has 1 saturated heterocycles. The van der Waals surface area contributed by atoms with E-state index in [2.05, 4.69) is 17.6 Å². The van der Waals surface area contributed by atoms with E-state index in [-0.39, 0.29) is 0 Å². The van der Waals surface area contributed by atoms with Crippen molar-refractivity contribution in [1.29, 1.82) is 0 Å². The van der Waals surface area contributed by atoms with Crippen LogP contribution in [0.4, 0.5) is 0 Å². The molecule has 2 nitrogen and oxygen atoms in total. The summed E-state index contributed by atoms with van der Waals surface area (Å²) >= 11 is 0. The lowest BCUT2D eigenvalue weighted by Gasteiger charge is -2.30. The van der Waals surface area contributed by atoms with Crippen LogP contribution < -0.4 is 10.6 Å². The fourth-order valence-electron chi connectivity index (χ4n) is 3.57. The van der Waals surface area contributed by atoms with Crippen LogP contribution in [0.15, 0.2) is 0 Å². The zero-order chi connectivity index (χ0) is 12.6. The lowest BCUT2D eigenvalue weighted by Crippen LogP contribution is -2.43. The first-order valence-electron chi connectivity index (χ1n) is 8.30. The van der Waals surface area contributed by atoms with Crippen molar-refractivity contribution in [2.45, 2.75) is 70.8 Å². The maximum absolute atomic E-state index is 3.83. The summed E-state index contributed by atoms with van der Waals surface area (Å²) in [6.07, 6.45) is 13.0. The van der Waals surface area contributed by atoms with Crippen LogP contribution in [0.3, 0.4) is 0 Å². The molecular formula is C16H32N2. The summed E-state index contributed by atoms with van der Waals surface area (Å²) in [7, 11) is 0. The van der Waals surface area contributed by atoms with E-state index in [9.17, 15) is 0 Å². The molecule has 2 fully saturated rings. The maximum Gasteiger partial charge on any atom is 0.00792 e. The molecule has 2 unspecified atom stereocenters. The summed E-state index contributed by atoms with van der Waals surface area (Å²) < 4.78 is 0. The Morgan fingerprint density at radius 1 is 1.00 bits per heavy atom. The molecular weight excluding hydrogens is 220 g/mol. The Kier molecular flexibility index (Phi) is 6.50. The third kappa shape index (κ3) is 4.89. The smallest absolute Gasteiger partial charge is 0.00792 e. The van der Waals surface area contributed by atoms with Crippen molar-refractivity contribution in [2.24, 2.45) is 11.8 Å². The van der Waals surface area contributed by atoms with Gasteiger partial charge >= 0.3 is 0 Å². The van der Waals surface area contributed by atoms with Gasteiger partial charge in [-0.3, -0.25) is 0 Å². The SMILES string of the molecule is CC(NCC1CCCCCCC1)C1CCCNC1. The lowest BCUT2D eigenvalue weighted by atomic mass is 9.89. The summed E-state index contributed by atoms with van der Waals surface area (Å²) in [5.74, 6) is 1.80. The summed E-state index contributed by atoms with van der Waals surface area (Å²) in [4.78, 5) is 0.